The molecule has 0 radical (unpaired) electrons. The molecule has 0 saturated heterocycles. The van der Waals surface area contributed by atoms with Crippen LogP contribution in [0.25, 0.3) is 0 Å². The maximum Gasteiger partial charge on any atom is 0.271 e. The Morgan fingerprint density at radius 1 is 1.50 bits per heavy atom. The van der Waals surface area contributed by atoms with Crippen molar-refractivity contribution in [1.29, 1.82) is 0 Å². The van der Waals surface area contributed by atoms with Gasteiger partial charge in [0.15, 0.2) is 5.11 Å². The summed E-state index contributed by atoms with van der Waals surface area (Å²) in [7, 11) is 0. The number of hydrogen-bond donors (Lipinski definition) is 2. The Kier molecular flexibility index (Phi) is 5.47. The van der Waals surface area contributed by atoms with Crippen molar-refractivity contribution in [2.45, 2.75) is 32.2 Å². The van der Waals surface area contributed by atoms with Gasteiger partial charge in [-0.25, -0.2) is 0 Å². The third kappa shape index (κ3) is 3.93. The molecule has 0 bridgehead atoms. The topological polar surface area (TPSA) is 67.2 Å². The molecule has 0 aromatic heterocycles. The summed E-state index contributed by atoms with van der Waals surface area (Å²) in [6.45, 7) is 3.96. The highest BCUT2D eigenvalue weighted by Gasteiger charge is 2.23. The summed E-state index contributed by atoms with van der Waals surface area (Å²) < 4.78 is 0. The van der Waals surface area contributed by atoms with Gasteiger partial charge >= 0.3 is 0 Å². The van der Waals surface area contributed by atoms with Crippen LogP contribution in [-0.4, -0.2) is 15.6 Å². The maximum absolute atomic E-state index is 10.7. The second-order valence-corrected chi connectivity index (χ2v) is 4.73. The molecule has 20 heavy (non-hydrogen) atoms. The maximum atomic E-state index is 10.7. The van der Waals surface area contributed by atoms with E-state index in [-0.39, 0.29) is 5.69 Å². The van der Waals surface area contributed by atoms with Crippen molar-refractivity contribution in [3.63, 3.8) is 0 Å². The number of thiocarbonyl (C=S) groups is 1. The van der Waals surface area contributed by atoms with Crippen LogP contribution in [0.1, 0.15) is 26.7 Å². The molecule has 1 rings (SSSR count). The number of nitrogens with one attached hydrogen (secondary N) is 2. The van der Waals surface area contributed by atoms with Crippen molar-refractivity contribution >= 4 is 28.7 Å². The van der Waals surface area contributed by atoms with E-state index < -0.39 is 10.5 Å². The van der Waals surface area contributed by atoms with E-state index in [9.17, 15) is 10.1 Å². The van der Waals surface area contributed by atoms with E-state index in [2.05, 4.69) is 16.6 Å². The zero-order chi connectivity index (χ0) is 15.2. The normalized spacial score (nSPS) is 10.4. The van der Waals surface area contributed by atoms with Crippen LogP contribution in [0.4, 0.5) is 11.4 Å². The smallest absolute Gasteiger partial charge is 0.271 e. The minimum atomic E-state index is -0.495. The van der Waals surface area contributed by atoms with Gasteiger partial charge in [0.1, 0.15) is 0 Å². The van der Waals surface area contributed by atoms with Crippen LogP contribution in [0.3, 0.4) is 0 Å². The zero-order valence-corrected chi connectivity index (χ0v) is 12.3. The first-order chi connectivity index (χ1) is 9.46. The molecule has 2 N–H and O–H groups in total. The van der Waals surface area contributed by atoms with Gasteiger partial charge in [-0.3, -0.25) is 10.1 Å². The van der Waals surface area contributed by atoms with Crippen molar-refractivity contribution in [2.24, 2.45) is 0 Å². The Bertz CT molecular complexity index is 548. The van der Waals surface area contributed by atoms with Crippen LogP contribution in [0.5, 0.6) is 0 Å². The highest BCUT2D eigenvalue weighted by Crippen LogP contribution is 2.18. The Morgan fingerprint density at radius 3 is 2.65 bits per heavy atom. The molecule has 0 aliphatic heterocycles. The highest BCUT2D eigenvalue weighted by atomic mass is 32.1. The third-order valence-corrected chi connectivity index (χ3v) is 3.36. The van der Waals surface area contributed by atoms with Gasteiger partial charge in [-0.2, -0.15) is 0 Å². The van der Waals surface area contributed by atoms with E-state index in [0.717, 1.165) is 12.8 Å². The molecule has 0 aliphatic carbocycles. The lowest BCUT2D eigenvalue weighted by atomic mass is 9.94. The molecule has 0 amide bonds. The lowest BCUT2D eigenvalue weighted by Gasteiger charge is -2.28. The summed E-state index contributed by atoms with van der Waals surface area (Å²) in [5.41, 5.74) is 0.0620. The van der Waals surface area contributed by atoms with Gasteiger partial charge in [-0.05, 0) is 31.1 Å². The Balaban J connectivity index is 2.79. The van der Waals surface area contributed by atoms with Crippen LogP contribution in [0, 0.1) is 22.5 Å². The van der Waals surface area contributed by atoms with E-state index >= 15 is 0 Å². The molecule has 0 fully saturated rings. The minimum Gasteiger partial charge on any atom is -0.346 e. The van der Waals surface area contributed by atoms with Gasteiger partial charge < -0.3 is 10.6 Å². The second kappa shape index (κ2) is 6.87. The number of non-ortho nitro benzene ring substituents is 1. The van der Waals surface area contributed by atoms with Crippen LogP contribution in [0.2, 0.25) is 0 Å². The Hall–Kier alpha value is -2.13. The molecule has 0 unspecified atom stereocenters. The molecule has 5 nitrogen and oxygen atoms in total. The van der Waals surface area contributed by atoms with Gasteiger partial charge in [0, 0.05) is 17.8 Å². The summed E-state index contributed by atoms with van der Waals surface area (Å²) in [5.74, 6) is 2.71. The first-order valence-corrected chi connectivity index (χ1v) is 6.68. The molecule has 0 spiro atoms. The number of nitro groups is 1. The SMILES string of the molecule is C#CC(CC)(CC)NC(=S)Nc1cccc([N+](=O)[O-])c1. The summed E-state index contributed by atoms with van der Waals surface area (Å²) in [6.07, 6.45) is 7.01. The fraction of sp³-hybridized carbons (Fsp3) is 0.357. The summed E-state index contributed by atoms with van der Waals surface area (Å²) in [6, 6.07) is 6.14. The molecule has 6 heteroatoms. The number of anilines is 1. The lowest BCUT2D eigenvalue weighted by molar-refractivity contribution is -0.384. The van der Waals surface area contributed by atoms with Crippen molar-refractivity contribution in [3.8, 4) is 12.3 Å². The van der Waals surface area contributed by atoms with E-state index in [1.165, 1.54) is 12.1 Å². The standard InChI is InChI=1S/C14H17N3O2S/c1-4-14(5-2,6-3)16-13(20)15-11-8-7-9-12(10-11)17(18)19/h1,7-10H,5-6H2,2-3H3,(H2,15,16,20). The number of hydrogen-bond acceptors (Lipinski definition) is 3. The fourth-order valence-electron chi connectivity index (χ4n) is 1.74. The van der Waals surface area contributed by atoms with Crippen LogP contribution >= 0.6 is 12.2 Å². The minimum absolute atomic E-state index is 0.00648. The van der Waals surface area contributed by atoms with Crippen LogP contribution < -0.4 is 10.6 Å². The molecular weight excluding hydrogens is 274 g/mol. The molecule has 1 aromatic carbocycles. The van der Waals surface area contributed by atoms with Crippen molar-refractivity contribution in [1.82, 2.24) is 5.32 Å². The fourth-order valence-corrected chi connectivity index (χ4v) is 2.06. The van der Waals surface area contributed by atoms with Gasteiger partial charge in [0.05, 0.1) is 10.5 Å². The summed E-state index contributed by atoms with van der Waals surface area (Å²) in [5, 5.41) is 17.1. The van der Waals surface area contributed by atoms with E-state index in [0.29, 0.717) is 10.8 Å². The number of nitro benzene ring substituents is 1. The molecule has 0 atom stereocenters. The number of rotatable bonds is 5. The van der Waals surface area contributed by atoms with Crippen LogP contribution in [0.15, 0.2) is 24.3 Å². The first kappa shape index (κ1) is 15.9. The van der Waals surface area contributed by atoms with E-state index in [4.69, 9.17) is 18.6 Å². The van der Waals surface area contributed by atoms with Crippen molar-refractivity contribution in [2.75, 3.05) is 5.32 Å². The molecule has 0 saturated carbocycles. The second-order valence-electron chi connectivity index (χ2n) is 4.32. The van der Waals surface area contributed by atoms with E-state index in [1.54, 1.807) is 12.1 Å². The average Bonchev–Trinajstić information content (AvgIpc) is 2.45. The van der Waals surface area contributed by atoms with Gasteiger partial charge in [-0.15, -0.1) is 6.42 Å². The Labute approximate surface area is 123 Å². The van der Waals surface area contributed by atoms with E-state index in [1.807, 2.05) is 13.8 Å². The predicted octanol–water partition coefficient (Wildman–Crippen LogP) is 3.07. The molecule has 106 valence electrons. The number of benzene rings is 1. The summed E-state index contributed by atoms with van der Waals surface area (Å²) >= 11 is 5.20. The number of nitrogens with zero attached hydrogens (tertiary/aromatic N) is 1. The predicted molar refractivity (Wildman–Crippen MR) is 84.6 cm³/mol. The highest BCUT2D eigenvalue weighted by molar-refractivity contribution is 7.80. The molecular formula is C14H17N3O2S. The van der Waals surface area contributed by atoms with Crippen LogP contribution in [-0.2, 0) is 0 Å². The van der Waals surface area contributed by atoms with Crippen molar-refractivity contribution in [3.05, 3.63) is 34.4 Å². The monoisotopic (exact) mass is 291 g/mol. The molecule has 1 aromatic rings. The summed E-state index contributed by atoms with van der Waals surface area (Å²) in [4.78, 5) is 10.3. The zero-order valence-electron chi connectivity index (χ0n) is 11.5. The first-order valence-electron chi connectivity index (χ1n) is 6.27. The average molecular weight is 291 g/mol. The third-order valence-electron chi connectivity index (χ3n) is 3.15. The molecule has 0 heterocycles. The van der Waals surface area contributed by atoms with Gasteiger partial charge in [0.2, 0.25) is 0 Å². The largest absolute Gasteiger partial charge is 0.346 e. The van der Waals surface area contributed by atoms with Gasteiger partial charge in [-0.1, -0.05) is 25.8 Å². The molecule has 0 aliphatic rings. The Morgan fingerprint density at radius 2 is 2.15 bits per heavy atom. The lowest BCUT2D eigenvalue weighted by Crippen LogP contribution is -2.48. The van der Waals surface area contributed by atoms with Crippen molar-refractivity contribution < 1.29 is 4.92 Å². The number of terminal acetylenes is 1. The quantitative estimate of drug-likeness (QED) is 0.378. The van der Waals surface area contributed by atoms with Gasteiger partial charge in [0.25, 0.3) is 5.69 Å².